The summed E-state index contributed by atoms with van der Waals surface area (Å²) in [7, 11) is -3.47. The largest absolute Gasteiger partial charge is 0.493 e. The van der Waals surface area contributed by atoms with E-state index < -0.39 is 10.0 Å². The molecule has 118 valence electrons. The second-order valence-electron chi connectivity index (χ2n) is 5.77. The Kier molecular flexibility index (Phi) is 5.24. The zero-order valence-corrected chi connectivity index (χ0v) is 13.5. The van der Waals surface area contributed by atoms with Gasteiger partial charge in [0.05, 0.1) is 11.5 Å². The fraction of sp³-hybridized carbons (Fsp3) is 0.600. The molecule has 21 heavy (non-hydrogen) atoms. The van der Waals surface area contributed by atoms with E-state index in [1.165, 1.54) is 0 Å². The van der Waals surface area contributed by atoms with Gasteiger partial charge in [0.25, 0.3) is 0 Å². The average molecular weight is 312 g/mol. The molecule has 0 unspecified atom stereocenters. The molecule has 2 rings (SSSR count). The van der Waals surface area contributed by atoms with Crippen LogP contribution in [0, 0.1) is 5.92 Å². The molecule has 1 aromatic rings. The van der Waals surface area contributed by atoms with E-state index in [0.717, 1.165) is 17.7 Å². The Morgan fingerprint density at radius 3 is 2.81 bits per heavy atom. The van der Waals surface area contributed by atoms with Crippen LogP contribution in [0.2, 0.25) is 0 Å². The molecule has 6 heteroatoms. The maximum Gasteiger partial charge on any atom is 0.243 e. The number of hydrogen-bond donors (Lipinski definition) is 1. The Balaban J connectivity index is 2.28. The molecule has 0 amide bonds. The monoisotopic (exact) mass is 312 g/mol. The Morgan fingerprint density at radius 1 is 1.38 bits per heavy atom. The van der Waals surface area contributed by atoms with Crippen LogP contribution in [0.3, 0.4) is 0 Å². The number of benzene rings is 1. The quantitative estimate of drug-likeness (QED) is 0.830. The van der Waals surface area contributed by atoms with Gasteiger partial charge in [0, 0.05) is 19.5 Å². The minimum Gasteiger partial charge on any atom is -0.493 e. The van der Waals surface area contributed by atoms with Crippen molar-refractivity contribution in [3.8, 4) is 5.75 Å². The van der Waals surface area contributed by atoms with Crippen molar-refractivity contribution in [1.29, 1.82) is 0 Å². The molecular weight excluding hydrogens is 288 g/mol. The SMILES string of the molecule is CC(C)CN(CCCN)S(=O)(=O)c1ccc2c(c1)CCO2. The van der Waals surface area contributed by atoms with Gasteiger partial charge in [0.2, 0.25) is 10.0 Å². The lowest BCUT2D eigenvalue weighted by Crippen LogP contribution is -2.35. The molecule has 5 nitrogen and oxygen atoms in total. The highest BCUT2D eigenvalue weighted by Crippen LogP contribution is 2.29. The smallest absolute Gasteiger partial charge is 0.243 e. The maximum atomic E-state index is 12.8. The van der Waals surface area contributed by atoms with Crippen molar-refractivity contribution in [2.24, 2.45) is 11.7 Å². The second-order valence-corrected chi connectivity index (χ2v) is 7.71. The first-order valence-corrected chi connectivity index (χ1v) is 8.85. The van der Waals surface area contributed by atoms with Gasteiger partial charge < -0.3 is 10.5 Å². The normalized spacial score (nSPS) is 14.5. The second kappa shape index (κ2) is 6.77. The molecule has 1 aliphatic rings. The summed E-state index contributed by atoms with van der Waals surface area (Å²) in [6.45, 7) is 6.12. The van der Waals surface area contributed by atoms with E-state index in [2.05, 4.69) is 0 Å². The van der Waals surface area contributed by atoms with E-state index in [0.29, 0.717) is 37.6 Å². The molecule has 1 aliphatic heterocycles. The van der Waals surface area contributed by atoms with Gasteiger partial charge in [0.1, 0.15) is 5.75 Å². The molecule has 1 aromatic carbocycles. The number of rotatable bonds is 7. The van der Waals surface area contributed by atoms with Crippen LogP contribution in [0.5, 0.6) is 5.75 Å². The van der Waals surface area contributed by atoms with Crippen LogP contribution >= 0.6 is 0 Å². The van der Waals surface area contributed by atoms with Gasteiger partial charge in [-0.1, -0.05) is 13.8 Å². The van der Waals surface area contributed by atoms with Crippen molar-refractivity contribution in [3.63, 3.8) is 0 Å². The minimum atomic E-state index is -3.47. The highest BCUT2D eigenvalue weighted by atomic mass is 32.2. The molecule has 0 spiro atoms. The van der Waals surface area contributed by atoms with E-state index in [9.17, 15) is 8.42 Å². The first kappa shape index (κ1) is 16.3. The molecule has 0 bridgehead atoms. The van der Waals surface area contributed by atoms with Gasteiger partial charge >= 0.3 is 0 Å². The molecule has 0 radical (unpaired) electrons. The lowest BCUT2D eigenvalue weighted by Gasteiger charge is -2.24. The lowest BCUT2D eigenvalue weighted by atomic mass is 10.2. The fourth-order valence-corrected chi connectivity index (χ4v) is 4.15. The molecule has 0 atom stereocenters. The summed E-state index contributed by atoms with van der Waals surface area (Å²) in [5, 5.41) is 0. The van der Waals surface area contributed by atoms with Gasteiger partial charge in [-0.2, -0.15) is 4.31 Å². The van der Waals surface area contributed by atoms with Crippen molar-refractivity contribution in [2.45, 2.75) is 31.6 Å². The first-order valence-electron chi connectivity index (χ1n) is 7.41. The molecule has 0 fully saturated rings. The average Bonchev–Trinajstić information content (AvgIpc) is 2.90. The predicted molar refractivity (Wildman–Crippen MR) is 82.9 cm³/mol. The van der Waals surface area contributed by atoms with Gasteiger partial charge in [-0.15, -0.1) is 0 Å². The number of ether oxygens (including phenoxy) is 1. The van der Waals surface area contributed by atoms with Crippen molar-refractivity contribution in [1.82, 2.24) is 4.31 Å². The highest BCUT2D eigenvalue weighted by molar-refractivity contribution is 7.89. The Hall–Kier alpha value is -1.11. The zero-order chi connectivity index (χ0) is 15.5. The summed E-state index contributed by atoms with van der Waals surface area (Å²) >= 11 is 0. The van der Waals surface area contributed by atoms with Gasteiger partial charge in [-0.3, -0.25) is 0 Å². The predicted octanol–water partition coefficient (Wildman–Crippen LogP) is 1.62. The summed E-state index contributed by atoms with van der Waals surface area (Å²) in [6, 6.07) is 5.13. The van der Waals surface area contributed by atoms with Gasteiger partial charge in [-0.25, -0.2) is 8.42 Å². The van der Waals surface area contributed by atoms with Crippen LogP contribution in [0.25, 0.3) is 0 Å². The standard InChI is InChI=1S/C15H24N2O3S/c1-12(2)11-17(8-3-7-16)21(18,19)14-4-5-15-13(10-14)6-9-20-15/h4-5,10,12H,3,6-9,11,16H2,1-2H3. The topological polar surface area (TPSA) is 72.6 Å². The van der Waals surface area contributed by atoms with Crippen molar-refractivity contribution in [2.75, 3.05) is 26.2 Å². The van der Waals surface area contributed by atoms with Crippen LogP contribution in [0.15, 0.2) is 23.1 Å². The highest BCUT2D eigenvalue weighted by Gasteiger charge is 2.26. The van der Waals surface area contributed by atoms with Crippen LogP contribution in [0.4, 0.5) is 0 Å². The van der Waals surface area contributed by atoms with Crippen LogP contribution in [-0.2, 0) is 16.4 Å². The molecule has 0 saturated carbocycles. The van der Waals surface area contributed by atoms with Gasteiger partial charge in [0.15, 0.2) is 0 Å². The summed E-state index contributed by atoms with van der Waals surface area (Å²) < 4.78 is 32.6. The molecular formula is C15H24N2O3S. The third kappa shape index (κ3) is 3.75. The van der Waals surface area contributed by atoms with E-state index >= 15 is 0 Å². The number of sulfonamides is 1. The van der Waals surface area contributed by atoms with E-state index in [-0.39, 0.29) is 5.92 Å². The Morgan fingerprint density at radius 2 is 2.14 bits per heavy atom. The van der Waals surface area contributed by atoms with Crippen molar-refractivity contribution < 1.29 is 13.2 Å². The number of nitrogens with two attached hydrogens (primary N) is 1. The van der Waals surface area contributed by atoms with Crippen molar-refractivity contribution in [3.05, 3.63) is 23.8 Å². The summed E-state index contributed by atoms with van der Waals surface area (Å²) in [6.07, 6.45) is 1.44. The molecule has 0 saturated heterocycles. The molecule has 2 N–H and O–H groups in total. The van der Waals surface area contributed by atoms with Crippen molar-refractivity contribution >= 4 is 10.0 Å². The minimum absolute atomic E-state index is 0.273. The van der Waals surface area contributed by atoms with Gasteiger partial charge in [-0.05, 0) is 42.6 Å². The van der Waals surface area contributed by atoms with Crippen LogP contribution < -0.4 is 10.5 Å². The Labute approximate surface area is 127 Å². The molecule has 0 aliphatic carbocycles. The third-order valence-corrected chi connectivity index (χ3v) is 5.34. The maximum absolute atomic E-state index is 12.8. The van der Waals surface area contributed by atoms with E-state index in [1.54, 1.807) is 22.5 Å². The number of hydrogen-bond acceptors (Lipinski definition) is 4. The van der Waals surface area contributed by atoms with Crippen LogP contribution in [0.1, 0.15) is 25.8 Å². The van der Waals surface area contributed by atoms with E-state index in [1.807, 2.05) is 13.8 Å². The molecule has 0 aromatic heterocycles. The zero-order valence-electron chi connectivity index (χ0n) is 12.7. The molecule has 1 heterocycles. The third-order valence-electron chi connectivity index (χ3n) is 3.48. The van der Waals surface area contributed by atoms with E-state index in [4.69, 9.17) is 10.5 Å². The number of nitrogens with zero attached hydrogens (tertiary/aromatic N) is 1. The van der Waals surface area contributed by atoms with Crippen LogP contribution in [-0.4, -0.2) is 39.0 Å². The Bertz CT molecular complexity index is 585. The lowest BCUT2D eigenvalue weighted by molar-refractivity contribution is 0.356. The first-order chi connectivity index (χ1) is 9.95. The summed E-state index contributed by atoms with van der Waals surface area (Å²) in [5.74, 6) is 1.07. The number of fused-ring (bicyclic) bond motifs is 1. The fourth-order valence-electron chi connectivity index (χ4n) is 2.46. The summed E-state index contributed by atoms with van der Waals surface area (Å²) in [5.41, 5.74) is 6.50. The summed E-state index contributed by atoms with van der Waals surface area (Å²) in [4.78, 5) is 0.351.